The molecule has 0 bridgehead atoms. The molecule has 0 aliphatic heterocycles. The fourth-order valence-electron chi connectivity index (χ4n) is 0.250. The molecule has 0 aliphatic carbocycles. The maximum absolute atomic E-state index is 6.62. The van der Waals surface area contributed by atoms with Crippen LogP contribution in [0.4, 0.5) is 0 Å². The van der Waals surface area contributed by atoms with Crippen LogP contribution < -0.4 is 0 Å². The Morgan fingerprint density at radius 3 is 0.786 bits per heavy atom. The zero-order valence-electron chi connectivity index (χ0n) is 10.7. The molecule has 0 saturated heterocycles. The summed E-state index contributed by atoms with van der Waals surface area (Å²) in [7, 11) is 0. The van der Waals surface area contributed by atoms with Crippen LogP contribution in [0, 0.1) is 29.7 Å². The van der Waals surface area contributed by atoms with E-state index in [1.165, 1.54) is 0 Å². The third-order valence-corrected chi connectivity index (χ3v) is 0.604. The van der Waals surface area contributed by atoms with Crippen molar-refractivity contribution in [3.8, 4) is 0 Å². The first kappa shape index (κ1) is 71.0. The van der Waals surface area contributed by atoms with E-state index < -0.39 is 0 Å². The molecule has 0 heterocycles. The molecule has 0 fully saturated rings. The minimum Gasteiger partial charge on any atom is -0.677 e. The molecule has 0 saturated carbocycles. The Morgan fingerprint density at radius 1 is 0.571 bits per heavy atom. The van der Waals surface area contributed by atoms with Crippen molar-refractivity contribution >= 4 is 0 Å². The molecule has 0 amide bonds. The quantitative estimate of drug-likeness (QED) is 0.389. The molecule has 2 N–H and O–H groups in total. The van der Waals surface area contributed by atoms with Gasteiger partial charge in [-0.05, 0) is 0 Å². The Balaban J connectivity index is -0.00000000446. The van der Waals surface area contributed by atoms with Crippen molar-refractivity contribution in [3.63, 3.8) is 0 Å². The zero-order valence-corrected chi connectivity index (χ0v) is 22.5. The SMILES string of the molecule is [CH3-].[CH3-].[CH3-].[CH3-].[NH-]CCCC[NH-].[Zn+2].[Zn+2].[Zn].[Zn]. The average Bonchev–Trinajstić information content (AvgIpc) is 1.61. The molecular weight excluding hydrogens is 386 g/mol. The monoisotopic (exact) mass is 402 g/mol. The summed E-state index contributed by atoms with van der Waals surface area (Å²) in [6.45, 7) is 0.970. The van der Waals surface area contributed by atoms with Gasteiger partial charge in [-0.2, -0.15) is 13.1 Å². The van der Waals surface area contributed by atoms with E-state index >= 15 is 0 Å². The van der Waals surface area contributed by atoms with Crippen LogP contribution in [0.3, 0.4) is 0 Å². The number of nitrogens with one attached hydrogen (secondary N) is 2. The normalized spacial score (nSPS) is 3.86. The molecule has 0 unspecified atom stereocenters. The van der Waals surface area contributed by atoms with Crippen LogP contribution in [0.2, 0.25) is 0 Å². The van der Waals surface area contributed by atoms with Crippen molar-refractivity contribution < 1.29 is 77.9 Å². The summed E-state index contributed by atoms with van der Waals surface area (Å²) in [4.78, 5) is 0. The maximum atomic E-state index is 6.62. The third kappa shape index (κ3) is 88.5. The standard InChI is InChI=1S/C4H10N2.4CH3.4Zn/c5-3-1-2-4-6;;;;;;;;/h5-6H,1-4H2;4*1H3;;;;/q-2;4*-1;;;2*+2. The molecule has 0 spiro atoms. The smallest absolute Gasteiger partial charge is 0.677 e. The third-order valence-electron chi connectivity index (χ3n) is 0.604. The summed E-state index contributed by atoms with van der Waals surface area (Å²) in [5, 5.41) is 0. The Hall–Kier alpha value is 2.41. The Kier molecular flexibility index (Phi) is 395. The summed E-state index contributed by atoms with van der Waals surface area (Å²) in [5.41, 5.74) is 13.2. The van der Waals surface area contributed by atoms with E-state index in [-0.39, 0.29) is 108 Å². The van der Waals surface area contributed by atoms with Crippen molar-refractivity contribution in [3.05, 3.63) is 41.2 Å². The van der Waals surface area contributed by atoms with Gasteiger partial charge in [-0.1, -0.05) is 12.8 Å². The van der Waals surface area contributed by atoms with Gasteiger partial charge in [-0.3, -0.25) is 0 Å². The molecule has 2 nitrogen and oxygen atoms in total. The van der Waals surface area contributed by atoms with Crippen molar-refractivity contribution in [2.75, 3.05) is 13.1 Å². The molecule has 0 rings (SSSR count). The second-order valence-corrected chi connectivity index (χ2v) is 1.21. The molecule has 0 aromatic carbocycles. The second-order valence-electron chi connectivity index (χ2n) is 1.21. The average molecular weight is 408 g/mol. The molecule has 0 aromatic heterocycles. The molecule has 0 aromatic rings. The second kappa shape index (κ2) is 77.8. The first-order valence-corrected chi connectivity index (χ1v) is 2.21. The van der Waals surface area contributed by atoms with Crippen LogP contribution in [0.15, 0.2) is 0 Å². The van der Waals surface area contributed by atoms with Gasteiger partial charge < -0.3 is 41.2 Å². The van der Waals surface area contributed by atoms with Crippen molar-refractivity contribution in [1.29, 1.82) is 0 Å². The van der Waals surface area contributed by atoms with Gasteiger partial charge in [0, 0.05) is 39.0 Å². The van der Waals surface area contributed by atoms with E-state index in [4.69, 9.17) is 11.5 Å². The maximum Gasteiger partial charge on any atom is 2.00 e. The fourth-order valence-corrected chi connectivity index (χ4v) is 0.250. The van der Waals surface area contributed by atoms with Crippen LogP contribution >= 0.6 is 0 Å². The molecule has 74 valence electrons. The van der Waals surface area contributed by atoms with E-state index in [1.54, 1.807) is 0 Å². The van der Waals surface area contributed by atoms with Crippen LogP contribution in [0.25, 0.3) is 11.5 Å². The number of hydrogen-bond donors (Lipinski definition) is 0. The minimum atomic E-state index is 0. The van der Waals surface area contributed by atoms with Gasteiger partial charge >= 0.3 is 39.0 Å². The van der Waals surface area contributed by atoms with E-state index in [1.807, 2.05) is 0 Å². The van der Waals surface area contributed by atoms with Gasteiger partial charge in [-0.25, -0.2) is 0 Å². The summed E-state index contributed by atoms with van der Waals surface area (Å²) in [5.74, 6) is 0. The van der Waals surface area contributed by atoms with Gasteiger partial charge in [0.2, 0.25) is 0 Å². The molecule has 0 atom stereocenters. The van der Waals surface area contributed by atoms with E-state index in [0.29, 0.717) is 13.1 Å². The number of unbranched alkanes of at least 4 members (excludes halogenated alkanes) is 1. The van der Waals surface area contributed by atoms with Crippen LogP contribution in [0.1, 0.15) is 12.8 Å². The Morgan fingerprint density at radius 2 is 0.714 bits per heavy atom. The predicted molar refractivity (Wildman–Crippen MR) is 53.3 cm³/mol. The zero-order chi connectivity index (χ0) is 4.83. The van der Waals surface area contributed by atoms with Gasteiger partial charge in [0.25, 0.3) is 0 Å². The van der Waals surface area contributed by atoms with Gasteiger partial charge in [0.05, 0.1) is 0 Å². The number of hydrogen-bond acceptors (Lipinski definition) is 0. The fraction of sp³-hybridized carbons (Fsp3) is 0.500. The van der Waals surface area contributed by atoms with Crippen LogP contribution in [-0.4, -0.2) is 13.1 Å². The van der Waals surface area contributed by atoms with Crippen molar-refractivity contribution in [2.45, 2.75) is 12.8 Å². The van der Waals surface area contributed by atoms with Gasteiger partial charge in [0.15, 0.2) is 0 Å². The summed E-state index contributed by atoms with van der Waals surface area (Å²) < 4.78 is 0. The van der Waals surface area contributed by atoms with Crippen molar-refractivity contribution in [2.24, 2.45) is 0 Å². The summed E-state index contributed by atoms with van der Waals surface area (Å²) in [6, 6.07) is 0. The van der Waals surface area contributed by atoms with Crippen LogP contribution in [-0.2, 0) is 77.9 Å². The first-order chi connectivity index (χ1) is 2.91. The Bertz CT molecular complexity index is 31.3. The molecule has 14 heavy (non-hydrogen) atoms. The first-order valence-electron chi connectivity index (χ1n) is 2.21. The number of rotatable bonds is 3. The van der Waals surface area contributed by atoms with Gasteiger partial charge in [-0.15, -0.1) is 0 Å². The topological polar surface area (TPSA) is 47.6 Å². The van der Waals surface area contributed by atoms with Crippen LogP contribution in [0.5, 0.6) is 0 Å². The molecular formula is C8H22N2Zn4-2. The molecule has 0 radical (unpaired) electrons. The van der Waals surface area contributed by atoms with E-state index in [9.17, 15) is 0 Å². The largest absolute Gasteiger partial charge is 2.00 e. The minimum absolute atomic E-state index is 0. The summed E-state index contributed by atoms with van der Waals surface area (Å²) in [6.07, 6.45) is 1.78. The predicted octanol–water partition coefficient (Wildman–Crippen LogP) is 3.66. The molecule has 6 heteroatoms. The Labute approximate surface area is 144 Å². The summed E-state index contributed by atoms with van der Waals surface area (Å²) >= 11 is 0. The van der Waals surface area contributed by atoms with E-state index in [0.717, 1.165) is 12.8 Å². The molecule has 0 aliphatic rings. The van der Waals surface area contributed by atoms with E-state index in [2.05, 4.69) is 0 Å². The van der Waals surface area contributed by atoms with Gasteiger partial charge in [0.1, 0.15) is 0 Å². The van der Waals surface area contributed by atoms with Crippen molar-refractivity contribution in [1.82, 2.24) is 0 Å².